The first-order valence-electron chi connectivity index (χ1n) is 11.0. The van der Waals surface area contributed by atoms with E-state index >= 15 is 0 Å². The van der Waals surface area contributed by atoms with Gasteiger partial charge < -0.3 is 10.1 Å². The highest BCUT2D eigenvalue weighted by atomic mass is 32.2. The Labute approximate surface area is 209 Å². The van der Waals surface area contributed by atoms with Crippen molar-refractivity contribution >= 4 is 27.3 Å². The minimum Gasteiger partial charge on any atom is -0.480 e. The first-order chi connectivity index (χ1) is 17.1. The first kappa shape index (κ1) is 24.9. The number of ether oxygens (including phenoxy) is 1. The highest BCUT2D eigenvalue weighted by Gasteiger charge is 2.23. The lowest BCUT2D eigenvalue weighted by Gasteiger charge is -2.15. The van der Waals surface area contributed by atoms with Crippen molar-refractivity contribution in [1.82, 2.24) is 19.7 Å². The molecule has 0 aliphatic heterocycles. The zero-order valence-electron chi connectivity index (χ0n) is 20.5. The van der Waals surface area contributed by atoms with Crippen molar-refractivity contribution in [3.05, 3.63) is 83.1 Å². The molecule has 10 nitrogen and oxygen atoms in total. The molecule has 0 saturated heterocycles. The maximum atomic E-state index is 13.2. The molecule has 186 valence electrons. The van der Waals surface area contributed by atoms with Crippen LogP contribution in [-0.4, -0.2) is 41.2 Å². The van der Waals surface area contributed by atoms with Gasteiger partial charge in [0.25, 0.3) is 15.9 Å². The Balaban J connectivity index is 1.58. The van der Waals surface area contributed by atoms with E-state index < -0.39 is 15.9 Å². The number of hydrogen-bond acceptors (Lipinski definition) is 7. The van der Waals surface area contributed by atoms with E-state index in [0.29, 0.717) is 17.1 Å². The number of benzene rings is 2. The number of amides is 1. The van der Waals surface area contributed by atoms with Gasteiger partial charge in [0.2, 0.25) is 5.88 Å². The number of carbonyl (C=O) groups is 1. The van der Waals surface area contributed by atoms with Gasteiger partial charge in [-0.15, -0.1) is 0 Å². The first-order valence-corrected chi connectivity index (χ1v) is 12.5. The number of aryl methyl sites for hydroxylation is 4. The van der Waals surface area contributed by atoms with Crippen LogP contribution in [0.4, 0.5) is 11.4 Å². The molecule has 11 heteroatoms. The van der Waals surface area contributed by atoms with Gasteiger partial charge in [-0.2, -0.15) is 5.10 Å². The van der Waals surface area contributed by atoms with Crippen LogP contribution in [0.2, 0.25) is 0 Å². The van der Waals surface area contributed by atoms with Crippen molar-refractivity contribution in [1.29, 1.82) is 0 Å². The van der Waals surface area contributed by atoms with E-state index in [1.165, 1.54) is 19.4 Å². The third kappa shape index (κ3) is 5.05. The lowest BCUT2D eigenvalue weighted by molar-refractivity contribution is 0.102. The van der Waals surface area contributed by atoms with Crippen molar-refractivity contribution in [2.24, 2.45) is 0 Å². The Kier molecular flexibility index (Phi) is 6.75. The van der Waals surface area contributed by atoms with Gasteiger partial charge in [0.1, 0.15) is 11.6 Å². The Morgan fingerprint density at radius 2 is 1.67 bits per heavy atom. The molecule has 36 heavy (non-hydrogen) atoms. The molecule has 0 radical (unpaired) electrons. The average molecular weight is 507 g/mol. The molecule has 4 rings (SSSR count). The van der Waals surface area contributed by atoms with Gasteiger partial charge in [0.15, 0.2) is 4.90 Å². The number of hydrogen-bond donors (Lipinski definition) is 2. The molecule has 0 bridgehead atoms. The summed E-state index contributed by atoms with van der Waals surface area (Å²) >= 11 is 0. The quantitative estimate of drug-likeness (QED) is 0.388. The van der Waals surface area contributed by atoms with Gasteiger partial charge >= 0.3 is 0 Å². The number of anilines is 2. The Bertz CT molecular complexity index is 1530. The molecular weight excluding hydrogens is 480 g/mol. The van der Waals surface area contributed by atoms with Crippen LogP contribution in [0, 0.1) is 27.7 Å². The summed E-state index contributed by atoms with van der Waals surface area (Å²) in [5, 5.41) is 7.03. The fourth-order valence-corrected chi connectivity index (χ4v) is 5.08. The number of pyridine rings is 1. The number of carbonyl (C=O) groups excluding carboxylic acids is 1. The molecule has 2 aromatic carbocycles. The summed E-state index contributed by atoms with van der Waals surface area (Å²) in [4.78, 5) is 21.0. The van der Waals surface area contributed by atoms with Crippen molar-refractivity contribution in [3.63, 3.8) is 0 Å². The third-order valence-corrected chi connectivity index (χ3v) is 6.87. The maximum absolute atomic E-state index is 13.2. The lowest BCUT2D eigenvalue weighted by atomic mass is 10.1. The van der Waals surface area contributed by atoms with Crippen LogP contribution in [0.1, 0.15) is 33.1 Å². The Morgan fingerprint density at radius 3 is 2.25 bits per heavy atom. The summed E-state index contributed by atoms with van der Waals surface area (Å²) in [6, 6.07) is 13.6. The highest BCUT2D eigenvalue weighted by molar-refractivity contribution is 7.92. The largest absolute Gasteiger partial charge is 0.480 e. The molecule has 0 atom stereocenters. The van der Waals surface area contributed by atoms with E-state index in [1.54, 1.807) is 35.9 Å². The SMILES string of the molecule is COc1ncc(NC(=O)c2ccc(-n3nc(C)nc3C)cc2)cc1S(=O)(=O)Nc1c(C)cccc1C. The predicted octanol–water partition coefficient (Wildman–Crippen LogP) is 3.96. The second kappa shape index (κ2) is 9.78. The molecule has 0 fully saturated rings. The molecule has 2 heterocycles. The van der Waals surface area contributed by atoms with Gasteiger partial charge in [-0.3, -0.25) is 9.52 Å². The van der Waals surface area contributed by atoms with Gasteiger partial charge in [0, 0.05) is 5.56 Å². The van der Waals surface area contributed by atoms with Gasteiger partial charge in [-0.1, -0.05) is 18.2 Å². The van der Waals surface area contributed by atoms with E-state index in [0.717, 1.165) is 22.6 Å². The number of sulfonamides is 1. The summed E-state index contributed by atoms with van der Waals surface area (Å²) in [5.41, 5.74) is 3.37. The van der Waals surface area contributed by atoms with Crippen molar-refractivity contribution < 1.29 is 17.9 Å². The number of nitrogens with zero attached hydrogens (tertiary/aromatic N) is 4. The minimum absolute atomic E-state index is 0.0883. The van der Waals surface area contributed by atoms with Crippen molar-refractivity contribution in [3.8, 4) is 11.6 Å². The second-order valence-electron chi connectivity index (χ2n) is 8.22. The summed E-state index contributed by atoms with van der Waals surface area (Å²) in [5.74, 6) is 0.872. The van der Waals surface area contributed by atoms with E-state index in [4.69, 9.17) is 4.74 Å². The van der Waals surface area contributed by atoms with Crippen LogP contribution < -0.4 is 14.8 Å². The van der Waals surface area contributed by atoms with Crippen molar-refractivity contribution in [2.45, 2.75) is 32.6 Å². The fourth-order valence-electron chi connectivity index (χ4n) is 3.73. The lowest BCUT2D eigenvalue weighted by Crippen LogP contribution is -2.18. The molecule has 0 spiro atoms. The normalized spacial score (nSPS) is 11.2. The molecular formula is C25H26N6O4S. The maximum Gasteiger partial charge on any atom is 0.267 e. The Hall–Kier alpha value is -4.25. The zero-order valence-corrected chi connectivity index (χ0v) is 21.3. The van der Waals surface area contributed by atoms with Crippen LogP contribution in [0.5, 0.6) is 5.88 Å². The van der Waals surface area contributed by atoms with E-state index in [-0.39, 0.29) is 16.5 Å². The van der Waals surface area contributed by atoms with E-state index in [9.17, 15) is 13.2 Å². The second-order valence-corrected chi connectivity index (χ2v) is 9.87. The van der Waals surface area contributed by atoms with Crippen molar-refractivity contribution in [2.75, 3.05) is 17.1 Å². The minimum atomic E-state index is -4.07. The molecule has 0 aliphatic carbocycles. The van der Waals surface area contributed by atoms with Gasteiger partial charge in [0.05, 0.1) is 30.4 Å². The summed E-state index contributed by atoms with van der Waals surface area (Å²) in [6.07, 6.45) is 1.34. The number of methoxy groups -OCH3 is 1. The van der Waals surface area contributed by atoms with E-state index in [2.05, 4.69) is 25.1 Å². The molecule has 1 amide bonds. The summed E-state index contributed by atoms with van der Waals surface area (Å²) in [6.45, 7) is 7.28. The number of para-hydroxylation sites is 1. The number of rotatable bonds is 7. The Morgan fingerprint density at radius 1 is 1.00 bits per heavy atom. The molecule has 0 saturated carbocycles. The molecule has 0 unspecified atom stereocenters. The average Bonchev–Trinajstić information content (AvgIpc) is 3.19. The molecule has 2 N–H and O–H groups in total. The van der Waals surface area contributed by atoms with Gasteiger partial charge in [-0.25, -0.2) is 23.1 Å². The van der Waals surface area contributed by atoms with Crippen LogP contribution in [0.25, 0.3) is 5.69 Å². The van der Waals surface area contributed by atoms with Crippen LogP contribution in [0.15, 0.2) is 59.6 Å². The third-order valence-electron chi connectivity index (χ3n) is 5.53. The van der Waals surface area contributed by atoms with Crippen LogP contribution >= 0.6 is 0 Å². The molecule has 4 aromatic rings. The molecule has 0 aliphatic rings. The monoisotopic (exact) mass is 506 g/mol. The predicted molar refractivity (Wildman–Crippen MR) is 136 cm³/mol. The fraction of sp³-hybridized carbons (Fsp3) is 0.200. The van der Waals surface area contributed by atoms with Gasteiger partial charge in [-0.05, 0) is 69.2 Å². The highest BCUT2D eigenvalue weighted by Crippen LogP contribution is 2.29. The molecule has 2 aromatic heterocycles. The summed E-state index contributed by atoms with van der Waals surface area (Å²) < 4.78 is 36.0. The topological polar surface area (TPSA) is 128 Å². The van der Waals surface area contributed by atoms with Crippen LogP contribution in [0.3, 0.4) is 0 Å². The number of nitrogens with one attached hydrogen (secondary N) is 2. The summed E-state index contributed by atoms with van der Waals surface area (Å²) in [7, 11) is -2.73. The number of aromatic nitrogens is 4. The smallest absolute Gasteiger partial charge is 0.267 e. The zero-order chi connectivity index (χ0) is 26.0. The van der Waals surface area contributed by atoms with Crippen LogP contribution in [-0.2, 0) is 10.0 Å². The van der Waals surface area contributed by atoms with E-state index in [1.807, 2.05) is 39.0 Å². The standard InChI is InChI=1S/C25H26N6O4S/c1-15-7-6-8-16(2)23(15)30-36(33,34)22-13-20(14-26-25(22)35-5)28-24(32)19-9-11-21(12-10-19)31-18(4)27-17(3)29-31/h6-14,30H,1-5H3,(H,28,32).